The minimum absolute atomic E-state index is 0.0295. The smallest absolute Gasteiger partial charge is 0.264 e. The minimum Gasteiger partial charge on any atom is -0.483 e. The van der Waals surface area contributed by atoms with E-state index in [1.54, 1.807) is 6.07 Å². The van der Waals surface area contributed by atoms with E-state index in [2.05, 4.69) is 62.9 Å². The van der Waals surface area contributed by atoms with E-state index in [1.807, 2.05) is 17.5 Å². The molecule has 0 spiro atoms. The zero-order valence-electron chi connectivity index (χ0n) is 12.4. The molecule has 0 saturated carbocycles. The molecule has 0 aliphatic heterocycles. The standard InChI is InChI=1S/C15H16Br2N2O2S/c1-15(2,3)12-8-22-14(18-12)19-13(20)7-21-11-5-4-9(16)6-10(11)17/h4-6,8H,7H2,1-3H3,(H,18,19,20). The van der Waals surface area contributed by atoms with Crippen molar-refractivity contribution in [2.45, 2.75) is 26.2 Å². The zero-order valence-corrected chi connectivity index (χ0v) is 16.4. The topological polar surface area (TPSA) is 51.2 Å². The highest BCUT2D eigenvalue weighted by molar-refractivity contribution is 9.11. The summed E-state index contributed by atoms with van der Waals surface area (Å²) in [7, 11) is 0. The van der Waals surface area contributed by atoms with Gasteiger partial charge in [-0.1, -0.05) is 36.7 Å². The number of carbonyl (C=O) groups excluding carboxylic acids is 1. The Morgan fingerprint density at radius 3 is 2.68 bits per heavy atom. The number of benzene rings is 1. The normalized spacial score (nSPS) is 11.3. The molecule has 2 rings (SSSR count). The van der Waals surface area contributed by atoms with Crippen LogP contribution in [0.1, 0.15) is 26.5 Å². The third-order valence-electron chi connectivity index (χ3n) is 2.77. The molecule has 0 aliphatic carbocycles. The summed E-state index contributed by atoms with van der Waals surface area (Å²) in [6.07, 6.45) is 0. The lowest BCUT2D eigenvalue weighted by Crippen LogP contribution is -2.20. The van der Waals surface area contributed by atoms with Gasteiger partial charge in [-0.2, -0.15) is 0 Å². The van der Waals surface area contributed by atoms with Gasteiger partial charge in [-0.25, -0.2) is 4.98 Å². The number of nitrogens with zero attached hydrogens (tertiary/aromatic N) is 1. The van der Waals surface area contributed by atoms with Crippen molar-refractivity contribution in [3.8, 4) is 5.75 Å². The molecule has 0 unspecified atom stereocenters. The molecule has 1 amide bonds. The van der Waals surface area contributed by atoms with Gasteiger partial charge in [-0.15, -0.1) is 11.3 Å². The summed E-state index contributed by atoms with van der Waals surface area (Å²) in [6, 6.07) is 5.51. The molecule has 0 fully saturated rings. The Morgan fingerprint density at radius 2 is 2.09 bits per heavy atom. The maximum atomic E-state index is 11.9. The van der Waals surface area contributed by atoms with Crippen LogP contribution in [0.3, 0.4) is 0 Å². The first-order valence-electron chi connectivity index (χ1n) is 6.59. The average molecular weight is 448 g/mol. The van der Waals surface area contributed by atoms with Crippen LogP contribution in [0.15, 0.2) is 32.5 Å². The summed E-state index contributed by atoms with van der Waals surface area (Å²) in [6.45, 7) is 6.19. The van der Waals surface area contributed by atoms with Gasteiger partial charge in [0.15, 0.2) is 11.7 Å². The van der Waals surface area contributed by atoms with Crippen molar-refractivity contribution < 1.29 is 9.53 Å². The lowest BCUT2D eigenvalue weighted by Gasteiger charge is -2.14. The van der Waals surface area contributed by atoms with Gasteiger partial charge in [0.1, 0.15) is 5.75 Å². The van der Waals surface area contributed by atoms with Gasteiger partial charge >= 0.3 is 0 Å². The number of halogens is 2. The monoisotopic (exact) mass is 446 g/mol. The molecule has 0 aliphatic rings. The maximum Gasteiger partial charge on any atom is 0.264 e. The number of ether oxygens (including phenoxy) is 1. The highest BCUT2D eigenvalue weighted by Gasteiger charge is 2.18. The second-order valence-electron chi connectivity index (χ2n) is 5.70. The average Bonchev–Trinajstić information content (AvgIpc) is 2.86. The van der Waals surface area contributed by atoms with Crippen LogP contribution in [0, 0.1) is 0 Å². The third kappa shape index (κ3) is 4.79. The van der Waals surface area contributed by atoms with Crippen molar-refractivity contribution in [1.82, 2.24) is 4.98 Å². The van der Waals surface area contributed by atoms with E-state index in [-0.39, 0.29) is 17.9 Å². The SMILES string of the molecule is CC(C)(C)c1csc(NC(=O)COc2ccc(Br)cc2Br)n1. The lowest BCUT2D eigenvalue weighted by atomic mass is 9.93. The molecule has 0 radical (unpaired) electrons. The molecule has 2 aromatic rings. The van der Waals surface area contributed by atoms with E-state index in [0.717, 1.165) is 14.6 Å². The highest BCUT2D eigenvalue weighted by Crippen LogP contribution is 2.28. The van der Waals surface area contributed by atoms with Crippen LogP contribution in [-0.4, -0.2) is 17.5 Å². The quantitative estimate of drug-likeness (QED) is 0.718. The van der Waals surface area contributed by atoms with Crippen LogP contribution in [0.2, 0.25) is 0 Å². The highest BCUT2D eigenvalue weighted by atomic mass is 79.9. The van der Waals surface area contributed by atoms with E-state index in [1.165, 1.54) is 11.3 Å². The fraction of sp³-hybridized carbons (Fsp3) is 0.333. The van der Waals surface area contributed by atoms with Crippen LogP contribution in [0.25, 0.3) is 0 Å². The molecule has 1 heterocycles. The number of nitrogens with one attached hydrogen (secondary N) is 1. The summed E-state index contributed by atoms with van der Waals surface area (Å²) < 4.78 is 7.23. The van der Waals surface area contributed by atoms with Crippen LogP contribution in [-0.2, 0) is 10.2 Å². The molecule has 1 N–H and O–H groups in total. The molecule has 1 aromatic heterocycles. The van der Waals surface area contributed by atoms with Crippen molar-refractivity contribution in [3.63, 3.8) is 0 Å². The van der Waals surface area contributed by atoms with Crippen LogP contribution in [0.5, 0.6) is 5.75 Å². The van der Waals surface area contributed by atoms with Gasteiger partial charge < -0.3 is 4.74 Å². The Hall–Kier alpha value is -0.920. The van der Waals surface area contributed by atoms with Gasteiger partial charge in [-0.05, 0) is 34.1 Å². The number of anilines is 1. The van der Waals surface area contributed by atoms with Crippen molar-refractivity contribution in [3.05, 3.63) is 38.2 Å². The molecule has 7 heteroatoms. The van der Waals surface area contributed by atoms with E-state index in [0.29, 0.717) is 10.9 Å². The van der Waals surface area contributed by atoms with Crippen LogP contribution in [0.4, 0.5) is 5.13 Å². The molecule has 0 saturated heterocycles. The molecule has 1 aromatic carbocycles. The number of carbonyl (C=O) groups is 1. The minimum atomic E-state index is -0.232. The van der Waals surface area contributed by atoms with Crippen molar-refractivity contribution >= 4 is 54.2 Å². The molecule has 22 heavy (non-hydrogen) atoms. The second-order valence-corrected chi connectivity index (χ2v) is 8.33. The summed E-state index contributed by atoms with van der Waals surface area (Å²) in [5, 5.41) is 5.31. The van der Waals surface area contributed by atoms with Crippen LogP contribution >= 0.6 is 43.2 Å². The summed E-state index contributed by atoms with van der Waals surface area (Å²) in [4.78, 5) is 16.4. The fourth-order valence-electron chi connectivity index (χ4n) is 1.57. The van der Waals surface area contributed by atoms with Gasteiger partial charge in [0.2, 0.25) is 0 Å². The number of hydrogen-bond donors (Lipinski definition) is 1. The molecule has 0 atom stereocenters. The first-order chi connectivity index (χ1) is 10.3. The molecular weight excluding hydrogens is 432 g/mol. The first kappa shape index (κ1) is 17.4. The molecular formula is C15H16Br2N2O2S. The van der Waals surface area contributed by atoms with Crippen molar-refractivity contribution in [2.75, 3.05) is 11.9 Å². The largest absolute Gasteiger partial charge is 0.483 e. The lowest BCUT2D eigenvalue weighted by molar-refractivity contribution is -0.118. The molecule has 4 nitrogen and oxygen atoms in total. The molecule has 118 valence electrons. The first-order valence-corrected chi connectivity index (χ1v) is 9.06. The van der Waals surface area contributed by atoms with Gasteiger partial charge in [0, 0.05) is 15.3 Å². The Labute approximate surface area is 150 Å². The molecule has 0 bridgehead atoms. The number of rotatable bonds is 4. The Morgan fingerprint density at radius 1 is 1.36 bits per heavy atom. The summed E-state index contributed by atoms with van der Waals surface area (Å²) >= 11 is 8.18. The predicted molar refractivity (Wildman–Crippen MR) is 96.8 cm³/mol. The summed E-state index contributed by atoms with van der Waals surface area (Å²) in [5.74, 6) is 0.387. The second kappa shape index (κ2) is 7.10. The van der Waals surface area contributed by atoms with Crippen molar-refractivity contribution in [1.29, 1.82) is 0 Å². The van der Waals surface area contributed by atoms with E-state index < -0.39 is 0 Å². The number of hydrogen-bond acceptors (Lipinski definition) is 4. The van der Waals surface area contributed by atoms with E-state index in [9.17, 15) is 4.79 Å². The number of amides is 1. The zero-order chi connectivity index (χ0) is 16.3. The third-order valence-corrected chi connectivity index (χ3v) is 4.64. The van der Waals surface area contributed by atoms with E-state index in [4.69, 9.17) is 4.74 Å². The number of aromatic nitrogens is 1. The Bertz CT molecular complexity index is 680. The predicted octanol–water partition coefficient (Wildman–Crippen LogP) is 4.98. The van der Waals surface area contributed by atoms with Crippen molar-refractivity contribution in [2.24, 2.45) is 0 Å². The van der Waals surface area contributed by atoms with E-state index >= 15 is 0 Å². The Balaban J connectivity index is 1.92. The Kier molecular flexibility index (Phi) is 5.63. The van der Waals surface area contributed by atoms with Gasteiger partial charge in [0.25, 0.3) is 5.91 Å². The van der Waals surface area contributed by atoms with Crippen LogP contribution < -0.4 is 10.1 Å². The summed E-state index contributed by atoms with van der Waals surface area (Å²) in [5.41, 5.74) is 0.933. The fourth-order valence-corrected chi connectivity index (χ4v) is 3.68. The number of thiazole rings is 1. The van der Waals surface area contributed by atoms with Gasteiger partial charge in [0.05, 0.1) is 10.2 Å². The van der Waals surface area contributed by atoms with Gasteiger partial charge in [-0.3, -0.25) is 10.1 Å². The maximum absolute atomic E-state index is 11.9.